The normalized spacial score (nSPS) is 11.0. The maximum Gasteiger partial charge on any atom is 0.273 e. The molecule has 2 heterocycles. The van der Waals surface area contributed by atoms with E-state index < -0.39 is 0 Å². The minimum absolute atomic E-state index is 0.0807. The monoisotopic (exact) mass is 282 g/mol. The molecule has 2 aromatic heterocycles. The van der Waals surface area contributed by atoms with Crippen molar-refractivity contribution in [3.63, 3.8) is 0 Å². The predicted molar refractivity (Wildman–Crippen MR) is 63.3 cm³/mol. The molecule has 0 aromatic carbocycles. The van der Waals surface area contributed by atoms with E-state index in [4.69, 9.17) is 0 Å². The van der Waals surface area contributed by atoms with Gasteiger partial charge in [-0.1, -0.05) is 0 Å². The van der Waals surface area contributed by atoms with Crippen LogP contribution in [0.4, 0.5) is 0 Å². The summed E-state index contributed by atoms with van der Waals surface area (Å²) in [7, 11) is 0. The summed E-state index contributed by atoms with van der Waals surface area (Å²) in [6.45, 7) is 3.81. The summed E-state index contributed by atoms with van der Waals surface area (Å²) >= 11 is 3.34. The first kappa shape index (κ1) is 11.1. The van der Waals surface area contributed by atoms with Gasteiger partial charge < -0.3 is 5.32 Å². The van der Waals surface area contributed by atoms with E-state index in [9.17, 15) is 4.79 Å². The molecule has 0 aliphatic rings. The minimum Gasteiger partial charge on any atom is -0.348 e. The van der Waals surface area contributed by atoms with Gasteiger partial charge in [0.25, 0.3) is 5.91 Å². The molecule has 0 spiro atoms. The summed E-state index contributed by atoms with van der Waals surface area (Å²) in [5, 5.41) is 6.95. The Hall–Kier alpha value is -1.43. The second-order valence-electron chi connectivity index (χ2n) is 3.68. The topological polar surface area (TPSA) is 59.3 Å². The van der Waals surface area contributed by atoms with Crippen LogP contribution in [-0.2, 0) is 0 Å². The van der Waals surface area contributed by atoms with Crippen LogP contribution in [-0.4, -0.2) is 26.5 Å². The molecule has 0 atom stereocenters. The maximum atomic E-state index is 11.8. The minimum atomic E-state index is -0.202. The van der Waals surface area contributed by atoms with Gasteiger partial charge in [0, 0.05) is 18.4 Å². The third-order valence-corrected chi connectivity index (χ3v) is 2.70. The number of rotatable bonds is 2. The fourth-order valence-corrected chi connectivity index (χ4v) is 1.88. The van der Waals surface area contributed by atoms with Crippen LogP contribution in [0.1, 0.15) is 24.3 Å². The molecule has 16 heavy (non-hydrogen) atoms. The number of hydrogen-bond donors (Lipinski definition) is 1. The second kappa shape index (κ2) is 4.21. The van der Waals surface area contributed by atoms with Crippen molar-refractivity contribution < 1.29 is 4.79 Å². The lowest BCUT2D eigenvalue weighted by atomic mass is 10.3. The van der Waals surface area contributed by atoms with Crippen molar-refractivity contribution in [1.82, 2.24) is 19.9 Å². The zero-order valence-corrected chi connectivity index (χ0v) is 10.5. The maximum absolute atomic E-state index is 11.8. The molecule has 0 saturated heterocycles. The molecule has 0 fully saturated rings. The number of nitrogens with one attached hydrogen (secondary N) is 1. The highest BCUT2D eigenvalue weighted by atomic mass is 79.9. The van der Waals surface area contributed by atoms with Gasteiger partial charge in [-0.2, -0.15) is 5.10 Å². The van der Waals surface area contributed by atoms with E-state index in [1.54, 1.807) is 23.0 Å². The summed E-state index contributed by atoms with van der Waals surface area (Å²) in [6, 6.07) is 1.84. The molecule has 0 saturated carbocycles. The number of carbonyl (C=O) groups is 1. The summed E-state index contributed by atoms with van der Waals surface area (Å²) in [5.74, 6) is -0.202. The lowest BCUT2D eigenvalue weighted by Crippen LogP contribution is -2.30. The molecule has 0 radical (unpaired) electrons. The van der Waals surface area contributed by atoms with E-state index in [1.165, 1.54) is 0 Å². The molecule has 5 nitrogen and oxygen atoms in total. The standard InChI is InChI=1S/C10H11BrN4O/c1-6(2)13-10(16)8-7(11)9-12-4-3-5-15(9)14-8/h3-6H,1-2H3,(H,13,16). The summed E-state index contributed by atoms with van der Waals surface area (Å²) in [6.07, 6.45) is 3.41. The highest BCUT2D eigenvalue weighted by molar-refractivity contribution is 9.10. The van der Waals surface area contributed by atoms with E-state index >= 15 is 0 Å². The Morgan fingerprint density at radius 2 is 2.31 bits per heavy atom. The summed E-state index contributed by atoms with van der Waals surface area (Å²) in [4.78, 5) is 15.9. The zero-order valence-electron chi connectivity index (χ0n) is 8.94. The third-order valence-electron chi connectivity index (χ3n) is 1.97. The Morgan fingerprint density at radius 1 is 1.56 bits per heavy atom. The van der Waals surface area contributed by atoms with Gasteiger partial charge in [-0.05, 0) is 35.8 Å². The fourth-order valence-electron chi connectivity index (χ4n) is 1.33. The third kappa shape index (κ3) is 1.92. The van der Waals surface area contributed by atoms with Crippen molar-refractivity contribution >= 4 is 27.5 Å². The summed E-state index contributed by atoms with van der Waals surface area (Å²) in [5.41, 5.74) is 0.990. The van der Waals surface area contributed by atoms with E-state index in [-0.39, 0.29) is 11.9 Å². The number of fused-ring (bicyclic) bond motifs is 1. The highest BCUT2D eigenvalue weighted by Crippen LogP contribution is 2.20. The average Bonchev–Trinajstić information content (AvgIpc) is 2.56. The Balaban J connectivity index is 2.45. The van der Waals surface area contributed by atoms with Crippen LogP contribution in [0.15, 0.2) is 22.9 Å². The first-order chi connectivity index (χ1) is 7.59. The number of carbonyl (C=O) groups excluding carboxylic acids is 1. The molecule has 1 amide bonds. The van der Waals surface area contributed by atoms with Crippen molar-refractivity contribution in [3.05, 3.63) is 28.6 Å². The first-order valence-electron chi connectivity index (χ1n) is 4.89. The number of nitrogens with zero attached hydrogens (tertiary/aromatic N) is 3. The van der Waals surface area contributed by atoms with E-state index in [0.717, 1.165) is 0 Å². The van der Waals surface area contributed by atoms with Crippen molar-refractivity contribution in [3.8, 4) is 0 Å². The SMILES string of the molecule is CC(C)NC(=O)c1nn2cccnc2c1Br. The Kier molecular flexibility index (Phi) is 2.91. The molecule has 1 N–H and O–H groups in total. The van der Waals surface area contributed by atoms with Gasteiger partial charge in [-0.15, -0.1) is 0 Å². The molecule has 2 rings (SSSR count). The Morgan fingerprint density at radius 3 is 2.94 bits per heavy atom. The van der Waals surface area contributed by atoms with Gasteiger partial charge in [-0.25, -0.2) is 9.50 Å². The fraction of sp³-hybridized carbons (Fsp3) is 0.300. The molecule has 6 heteroatoms. The van der Waals surface area contributed by atoms with Crippen LogP contribution in [0.25, 0.3) is 5.65 Å². The lowest BCUT2D eigenvalue weighted by Gasteiger charge is -2.05. The number of halogens is 1. The number of amides is 1. The van der Waals surface area contributed by atoms with E-state index in [1.807, 2.05) is 13.8 Å². The van der Waals surface area contributed by atoms with Crippen LogP contribution < -0.4 is 5.32 Å². The predicted octanol–water partition coefficient (Wildman–Crippen LogP) is 1.63. The Labute approximate surface area is 101 Å². The smallest absolute Gasteiger partial charge is 0.273 e. The molecule has 0 bridgehead atoms. The molecule has 2 aromatic rings. The van der Waals surface area contributed by atoms with Crippen LogP contribution in [0.2, 0.25) is 0 Å². The second-order valence-corrected chi connectivity index (χ2v) is 4.47. The quantitative estimate of drug-likeness (QED) is 0.911. The largest absolute Gasteiger partial charge is 0.348 e. The van der Waals surface area contributed by atoms with Gasteiger partial charge in [0.1, 0.15) is 0 Å². The molecule has 0 unspecified atom stereocenters. The Bertz CT molecular complexity index is 535. The van der Waals surface area contributed by atoms with E-state index in [0.29, 0.717) is 15.8 Å². The van der Waals surface area contributed by atoms with Gasteiger partial charge in [0.2, 0.25) is 0 Å². The molecule has 0 aliphatic heterocycles. The zero-order chi connectivity index (χ0) is 11.7. The van der Waals surface area contributed by atoms with Crippen molar-refractivity contribution in [1.29, 1.82) is 0 Å². The van der Waals surface area contributed by atoms with Crippen molar-refractivity contribution in [2.75, 3.05) is 0 Å². The van der Waals surface area contributed by atoms with Crippen LogP contribution >= 0.6 is 15.9 Å². The number of hydrogen-bond acceptors (Lipinski definition) is 3. The first-order valence-corrected chi connectivity index (χ1v) is 5.68. The van der Waals surface area contributed by atoms with Gasteiger partial charge in [0.15, 0.2) is 11.3 Å². The van der Waals surface area contributed by atoms with E-state index in [2.05, 4.69) is 31.3 Å². The molecule has 84 valence electrons. The molecule has 0 aliphatic carbocycles. The van der Waals surface area contributed by atoms with Gasteiger partial charge in [0.05, 0.1) is 4.47 Å². The summed E-state index contributed by atoms with van der Waals surface area (Å²) < 4.78 is 2.19. The van der Waals surface area contributed by atoms with Gasteiger partial charge in [-0.3, -0.25) is 4.79 Å². The molecular formula is C10H11BrN4O. The van der Waals surface area contributed by atoms with Crippen LogP contribution in [0.5, 0.6) is 0 Å². The van der Waals surface area contributed by atoms with Gasteiger partial charge >= 0.3 is 0 Å². The number of aromatic nitrogens is 3. The lowest BCUT2D eigenvalue weighted by molar-refractivity contribution is 0.0937. The van der Waals surface area contributed by atoms with Crippen molar-refractivity contribution in [2.45, 2.75) is 19.9 Å². The highest BCUT2D eigenvalue weighted by Gasteiger charge is 2.18. The molecular weight excluding hydrogens is 272 g/mol. The van der Waals surface area contributed by atoms with Crippen LogP contribution in [0, 0.1) is 0 Å². The van der Waals surface area contributed by atoms with Crippen molar-refractivity contribution in [2.24, 2.45) is 0 Å². The average molecular weight is 283 g/mol. The van der Waals surface area contributed by atoms with Crippen LogP contribution in [0.3, 0.4) is 0 Å².